The Morgan fingerprint density at radius 1 is 1.33 bits per heavy atom. The van der Waals surface area contributed by atoms with Gasteiger partial charge in [0.05, 0.1) is 5.03 Å². The fourth-order valence-corrected chi connectivity index (χ4v) is 0.716. The fourth-order valence-electron chi connectivity index (χ4n) is 0.623. The first-order valence-corrected chi connectivity index (χ1v) is 4.52. The van der Waals surface area contributed by atoms with E-state index >= 15 is 0 Å². The number of hydrogen-bond acceptors (Lipinski definition) is 1. The van der Waals surface area contributed by atoms with E-state index in [2.05, 4.69) is 17.9 Å². The van der Waals surface area contributed by atoms with Gasteiger partial charge in [0.2, 0.25) is 0 Å². The van der Waals surface area contributed by atoms with Crippen molar-refractivity contribution in [2.75, 3.05) is 0 Å². The van der Waals surface area contributed by atoms with E-state index in [1.807, 2.05) is 0 Å². The Kier molecular flexibility index (Phi) is 4.94. The number of rotatable bonds is 4. The molecule has 0 aromatic heterocycles. The minimum absolute atomic E-state index is 0.00727. The summed E-state index contributed by atoms with van der Waals surface area (Å²) in [5.41, 5.74) is 0.482. The molecule has 0 heterocycles. The lowest BCUT2D eigenvalue weighted by Crippen LogP contribution is -2.13. The van der Waals surface area contributed by atoms with Crippen LogP contribution in [0.1, 0.15) is 13.8 Å². The maximum atomic E-state index is 11.9. The molecule has 15 heavy (non-hydrogen) atoms. The van der Waals surface area contributed by atoms with Crippen LogP contribution in [0.4, 0.5) is 13.2 Å². The predicted octanol–water partition coefficient (Wildman–Crippen LogP) is 4.37. The van der Waals surface area contributed by atoms with Crippen molar-refractivity contribution in [3.05, 3.63) is 35.6 Å². The SMILES string of the molecule is C=C(Cl)/C(=C\C(=C)C(C)C)OC(F)(F)F. The largest absolute Gasteiger partial charge is 0.573 e. The Morgan fingerprint density at radius 2 is 1.80 bits per heavy atom. The van der Waals surface area contributed by atoms with Crippen molar-refractivity contribution in [2.45, 2.75) is 20.2 Å². The summed E-state index contributed by atoms with van der Waals surface area (Å²) in [5, 5.41) is -0.311. The monoisotopic (exact) mass is 240 g/mol. The molecule has 86 valence electrons. The fraction of sp³-hybridized carbons (Fsp3) is 0.400. The number of allylic oxidation sites excluding steroid dienone is 3. The molecule has 0 aliphatic rings. The molecule has 0 aliphatic heterocycles. The van der Waals surface area contributed by atoms with Gasteiger partial charge in [0, 0.05) is 0 Å². The van der Waals surface area contributed by atoms with E-state index in [1.165, 1.54) is 0 Å². The second kappa shape index (κ2) is 5.26. The Hall–Kier alpha value is -0.900. The van der Waals surface area contributed by atoms with Crippen LogP contribution in [0, 0.1) is 5.92 Å². The molecule has 1 nitrogen and oxygen atoms in total. The summed E-state index contributed by atoms with van der Waals surface area (Å²) in [7, 11) is 0. The summed E-state index contributed by atoms with van der Waals surface area (Å²) < 4.78 is 39.5. The first kappa shape index (κ1) is 14.1. The summed E-state index contributed by atoms with van der Waals surface area (Å²) in [6, 6.07) is 0. The van der Waals surface area contributed by atoms with Gasteiger partial charge in [-0.1, -0.05) is 38.6 Å². The smallest absolute Gasteiger partial charge is 0.404 e. The van der Waals surface area contributed by atoms with E-state index in [1.54, 1.807) is 13.8 Å². The predicted molar refractivity (Wildman–Crippen MR) is 54.2 cm³/mol. The van der Waals surface area contributed by atoms with Crippen molar-refractivity contribution in [2.24, 2.45) is 5.92 Å². The van der Waals surface area contributed by atoms with Crippen molar-refractivity contribution in [3.63, 3.8) is 0 Å². The average molecular weight is 241 g/mol. The van der Waals surface area contributed by atoms with E-state index in [0.717, 1.165) is 6.08 Å². The van der Waals surface area contributed by atoms with Gasteiger partial charge in [-0.2, -0.15) is 0 Å². The highest BCUT2D eigenvalue weighted by atomic mass is 35.5. The van der Waals surface area contributed by atoms with Crippen LogP contribution >= 0.6 is 11.6 Å². The van der Waals surface area contributed by atoms with Crippen molar-refractivity contribution < 1.29 is 17.9 Å². The molecule has 0 N–H and O–H groups in total. The van der Waals surface area contributed by atoms with Gasteiger partial charge in [0.1, 0.15) is 5.76 Å². The molecule has 0 saturated heterocycles. The molecular formula is C10H12ClF3O. The van der Waals surface area contributed by atoms with Gasteiger partial charge in [0.15, 0.2) is 0 Å². The maximum absolute atomic E-state index is 11.9. The normalized spacial score (nSPS) is 12.9. The third-order valence-corrected chi connectivity index (χ3v) is 1.74. The molecular weight excluding hydrogens is 229 g/mol. The summed E-state index contributed by atoms with van der Waals surface area (Å²) in [6.45, 7) is 10.4. The lowest BCUT2D eigenvalue weighted by Gasteiger charge is -2.13. The lowest BCUT2D eigenvalue weighted by molar-refractivity contribution is -0.303. The van der Waals surface area contributed by atoms with Crippen LogP contribution < -0.4 is 0 Å². The van der Waals surface area contributed by atoms with Gasteiger partial charge >= 0.3 is 6.36 Å². The molecule has 0 aliphatic carbocycles. The van der Waals surface area contributed by atoms with Crippen molar-refractivity contribution >= 4 is 11.6 Å². The van der Waals surface area contributed by atoms with Crippen LogP contribution in [0.3, 0.4) is 0 Å². The summed E-state index contributed by atoms with van der Waals surface area (Å²) in [5.74, 6) is -0.518. The third kappa shape index (κ3) is 6.23. The Balaban J connectivity index is 4.83. The van der Waals surface area contributed by atoms with Crippen LogP contribution in [0.25, 0.3) is 0 Å². The number of halogens is 4. The van der Waals surface area contributed by atoms with Crippen LogP contribution in [-0.2, 0) is 4.74 Å². The zero-order valence-corrected chi connectivity index (χ0v) is 9.24. The first-order valence-electron chi connectivity index (χ1n) is 4.14. The molecule has 0 radical (unpaired) electrons. The minimum atomic E-state index is -4.78. The zero-order valence-electron chi connectivity index (χ0n) is 8.49. The van der Waals surface area contributed by atoms with Crippen molar-refractivity contribution in [1.29, 1.82) is 0 Å². The van der Waals surface area contributed by atoms with Gasteiger partial charge in [-0.3, -0.25) is 0 Å². The summed E-state index contributed by atoms with van der Waals surface area (Å²) >= 11 is 5.37. The first-order chi connectivity index (χ1) is 6.63. The van der Waals surface area contributed by atoms with Gasteiger partial charge in [-0.15, -0.1) is 13.2 Å². The van der Waals surface area contributed by atoms with E-state index < -0.39 is 12.1 Å². The lowest BCUT2D eigenvalue weighted by atomic mass is 10.0. The Bertz CT molecular complexity index is 290. The van der Waals surface area contributed by atoms with Gasteiger partial charge in [-0.05, 0) is 17.6 Å². The molecule has 0 aromatic carbocycles. The molecule has 0 unspecified atom stereocenters. The quantitative estimate of drug-likeness (QED) is 0.524. The molecule has 0 amide bonds. The average Bonchev–Trinajstić information content (AvgIpc) is 1.99. The summed E-state index contributed by atoms with van der Waals surface area (Å²) in [6.07, 6.45) is -3.64. The van der Waals surface area contributed by atoms with Crippen LogP contribution in [0.15, 0.2) is 35.6 Å². The second-order valence-corrected chi connectivity index (χ2v) is 3.65. The standard InChI is InChI=1S/C10H12ClF3O/c1-6(2)7(3)5-9(8(4)11)15-10(12,13)14/h5-6H,3-4H2,1-2H3/b9-5+. The molecule has 0 fully saturated rings. The highest BCUT2D eigenvalue weighted by molar-refractivity contribution is 6.31. The highest BCUT2D eigenvalue weighted by Crippen LogP contribution is 2.27. The Morgan fingerprint density at radius 3 is 2.07 bits per heavy atom. The Labute approximate surface area is 91.9 Å². The summed E-state index contributed by atoms with van der Waals surface area (Å²) in [4.78, 5) is 0. The van der Waals surface area contributed by atoms with Crippen LogP contribution in [0.5, 0.6) is 0 Å². The van der Waals surface area contributed by atoms with E-state index in [4.69, 9.17) is 11.6 Å². The molecule has 0 rings (SSSR count). The van der Waals surface area contributed by atoms with Crippen molar-refractivity contribution in [3.8, 4) is 0 Å². The number of alkyl halides is 3. The van der Waals surface area contributed by atoms with Gasteiger partial charge in [0.25, 0.3) is 0 Å². The number of ether oxygens (including phenoxy) is 1. The van der Waals surface area contributed by atoms with Crippen LogP contribution in [-0.4, -0.2) is 6.36 Å². The molecule has 0 spiro atoms. The van der Waals surface area contributed by atoms with E-state index in [-0.39, 0.29) is 11.0 Å². The van der Waals surface area contributed by atoms with Gasteiger partial charge in [-0.25, -0.2) is 0 Å². The molecule has 0 saturated carbocycles. The third-order valence-electron chi connectivity index (χ3n) is 1.55. The van der Waals surface area contributed by atoms with Crippen LogP contribution in [0.2, 0.25) is 0 Å². The molecule has 0 aromatic rings. The van der Waals surface area contributed by atoms with Crippen molar-refractivity contribution in [1.82, 2.24) is 0 Å². The topological polar surface area (TPSA) is 9.23 Å². The highest BCUT2D eigenvalue weighted by Gasteiger charge is 2.32. The van der Waals surface area contributed by atoms with Gasteiger partial charge < -0.3 is 4.74 Å². The molecule has 5 heteroatoms. The minimum Gasteiger partial charge on any atom is -0.404 e. The second-order valence-electron chi connectivity index (χ2n) is 3.19. The number of hydrogen-bond donors (Lipinski definition) is 0. The van der Waals surface area contributed by atoms with E-state index in [9.17, 15) is 13.2 Å². The molecule has 0 atom stereocenters. The van der Waals surface area contributed by atoms with E-state index in [0.29, 0.717) is 5.57 Å². The zero-order chi connectivity index (χ0) is 12.2. The molecule has 0 bridgehead atoms. The maximum Gasteiger partial charge on any atom is 0.573 e.